The van der Waals surface area contributed by atoms with Crippen LogP contribution in [0.25, 0.3) is 10.9 Å². The summed E-state index contributed by atoms with van der Waals surface area (Å²) in [4.78, 5) is 28.8. The van der Waals surface area contributed by atoms with Crippen LogP contribution in [-0.2, 0) is 11.3 Å². The fourth-order valence-electron chi connectivity index (χ4n) is 2.24. The van der Waals surface area contributed by atoms with Gasteiger partial charge in [0, 0.05) is 10.0 Å². The summed E-state index contributed by atoms with van der Waals surface area (Å²) < 4.78 is 1.16. The summed E-state index contributed by atoms with van der Waals surface area (Å²) in [6.45, 7) is -0.245. The standard InChI is InChI=1S/C16H9Cl4N3O2/c17-8-1-2-13(11(19)4-8)22-14(24)6-23-7-21-15-10(16(23)25)3-9(18)5-12(15)20/h1-5,7H,6H2,(H,22,24). The zero-order valence-corrected chi connectivity index (χ0v) is 15.4. The molecule has 0 aliphatic carbocycles. The van der Waals surface area contributed by atoms with Crippen molar-refractivity contribution in [1.29, 1.82) is 0 Å². The maximum atomic E-state index is 12.5. The van der Waals surface area contributed by atoms with E-state index < -0.39 is 11.5 Å². The van der Waals surface area contributed by atoms with E-state index in [1.165, 1.54) is 24.5 Å². The molecule has 0 radical (unpaired) electrons. The highest BCUT2D eigenvalue weighted by Crippen LogP contribution is 2.26. The molecular weight excluding hydrogens is 408 g/mol. The van der Waals surface area contributed by atoms with Crippen molar-refractivity contribution in [2.45, 2.75) is 6.54 Å². The Labute approximate surface area is 162 Å². The van der Waals surface area contributed by atoms with Crippen LogP contribution in [0, 0.1) is 0 Å². The van der Waals surface area contributed by atoms with Gasteiger partial charge in [-0.15, -0.1) is 0 Å². The average molecular weight is 417 g/mol. The minimum Gasteiger partial charge on any atom is -0.323 e. The number of benzene rings is 2. The van der Waals surface area contributed by atoms with Crippen molar-refractivity contribution in [1.82, 2.24) is 9.55 Å². The number of nitrogens with zero attached hydrogens (tertiary/aromatic N) is 2. The molecule has 0 aliphatic rings. The van der Waals surface area contributed by atoms with Crippen LogP contribution < -0.4 is 10.9 Å². The van der Waals surface area contributed by atoms with Gasteiger partial charge in [-0.2, -0.15) is 0 Å². The van der Waals surface area contributed by atoms with Gasteiger partial charge in [-0.3, -0.25) is 14.2 Å². The monoisotopic (exact) mass is 415 g/mol. The van der Waals surface area contributed by atoms with Gasteiger partial charge in [0.2, 0.25) is 5.91 Å². The molecule has 0 atom stereocenters. The van der Waals surface area contributed by atoms with Gasteiger partial charge in [0.05, 0.1) is 33.0 Å². The van der Waals surface area contributed by atoms with E-state index in [1.807, 2.05) is 0 Å². The van der Waals surface area contributed by atoms with E-state index in [0.29, 0.717) is 26.3 Å². The zero-order chi connectivity index (χ0) is 18.1. The van der Waals surface area contributed by atoms with Gasteiger partial charge in [-0.05, 0) is 30.3 Å². The van der Waals surface area contributed by atoms with E-state index in [9.17, 15) is 9.59 Å². The molecular formula is C16H9Cl4N3O2. The Hall–Kier alpha value is -1.79. The lowest BCUT2D eigenvalue weighted by atomic mass is 10.2. The maximum Gasteiger partial charge on any atom is 0.261 e. The highest BCUT2D eigenvalue weighted by Gasteiger charge is 2.12. The number of anilines is 1. The van der Waals surface area contributed by atoms with Gasteiger partial charge in [0.1, 0.15) is 6.54 Å². The van der Waals surface area contributed by atoms with Gasteiger partial charge in [0.15, 0.2) is 0 Å². The van der Waals surface area contributed by atoms with E-state index in [2.05, 4.69) is 10.3 Å². The summed E-state index contributed by atoms with van der Waals surface area (Å²) in [6, 6.07) is 7.63. The van der Waals surface area contributed by atoms with Gasteiger partial charge in [-0.25, -0.2) is 4.98 Å². The molecule has 3 aromatic rings. The number of carbonyl (C=O) groups is 1. The Kier molecular flexibility index (Phi) is 5.20. The second kappa shape index (κ2) is 7.22. The van der Waals surface area contributed by atoms with Gasteiger partial charge >= 0.3 is 0 Å². The van der Waals surface area contributed by atoms with Crippen LogP contribution in [0.15, 0.2) is 41.5 Å². The van der Waals surface area contributed by atoms with E-state index in [0.717, 1.165) is 4.57 Å². The Morgan fingerprint density at radius 3 is 2.48 bits per heavy atom. The summed E-state index contributed by atoms with van der Waals surface area (Å²) in [5.74, 6) is -0.444. The molecule has 0 saturated carbocycles. The summed E-state index contributed by atoms with van der Waals surface area (Å²) >= 11 is 23.8. The predicted octanol–water partition coefficient (Wildman–Crippen LogP) is 4.65. The molecule has 0 saturated heterocycles. The second-order valence-corrected chi connectivity index (χ2v) is 6.82. The molecule has 0 bridgehead atoms. The SMILES string of the molecule is O=C(Cn1cnc2c(Cl)cc(Cl)cc2c1=O)Nc1ccc(Cl)cc1Cl. The van der Waals surface area contributed by atoms with Crippen molar-refractivity contribution in [3.8, 4) is 0 Å². The number of halogens is 4. The third-order valence-corrected chi connectivity index (χ3v) is 4.42. The fourth-order valence-corrected chi connectivity index (χ4v) is 3.24. The molecule has 5 nitrogen and oxygen atoms in total. The molecule has 0 fully saturated rings. The first-order valence-electron chi connectivity index (χ1n) is 6.94. The topological polar surface area (TPSA) is 64.0 Å². The van der Waals surface area contributed by atoms with Crippen LogP contribution >= 0.6 is 46.4 Å². The lowest BCUT2D eigenvalue weighted by Gasteiger charge is -2.10. The van der Waals surface area contributed by atoms with E-state index >= 15 is 0 Å². The Morgan fingerprint density at radius 2 is 1.76 bits per heavy atom. The number of amides is 1. The third kappa shape index (κ3) is 3.90. The number of aromatic nitrogens is 2. The summed E-state index contributed by atoms with van der Waals surface area (Å²) in [6.07, 6.45) is 1.26. The number of hydrogen-bond donors (Lipinski definition) is 1. The number of hydrogen-bond acceptors (Lipinski definition) is 3. The van der Waals surface area contributed by atoms with Crippen molar-refractivity contribution in [2.24, 2.45) is 0 Å². The fraction of sp³-hybridized carbons (Fsp3) is 0.0625. The first kappa shape index (κ1) is 18.0. The Balaban J connectivity index is 1.89. The lowest BCUT2D eigenvalue weighted by Crippen LogP contribution is -2.28. The van der Waals surface area contributed by atoms with Crippen molar-refractivity contribution in [3.05, 3.63) is 67.1 Å². The molecule has 128 valence electrons. The molecule has 9 heteroatoms. The number of rotatable bonds is 3. The molecule has 0 unspecified atom stereocenters. The van der Waals surface area contributed by atoms with Gasteiger partial charge in [0.25, 0.3) is 5.56 Å². The molecule has 0 aliphatic heterocycles. The van der Waals surface area contributed by atoms with Crippen LogP contribution in [0.5, 0.6) is 0 Å². The molecule has 0 spiro atoms. The molecule has 3 rings (SSSR count). The van der Waals surface area contributed by atoms with Crippen LogP contribution in [0.1, 0.15) is 0 Å². The largest absolute Gasteiger partial charge is 0.323 e. The van der Waals surface area contributed by atoms with Crippen LogP contribution in [-0.4, -0.2) is 15.5 Å². The predicted molar refractivity (Wildman–Crippen MR) is 101 cm³/mol. The minimum atomic E-state index is -0.444. The second-order valence-electron chi connectivity index (χ2n) is 5.13. The average Bonchev–Trinajstić information content (AvgIpc) is 2.53. The van der Waals surface area contributed by atoms with Gasteiger partial charge in [-0.1, -0.05) is 46.4 Å². The van der Waals surface area contributed by atoms with Gasteiger partial charge < -0.3 is 5.32 Å². The molecule has 1 aromatic heterocycles. The number of fused-ring (bicyclic) bond motifs is 1. The maximum absolute atomic E-state index is 12.5. The highest BCUT2D eigenvalue weighted by molar-refractivity contribution is 6.38. The van der Waals surface area contributed by atoms with Crippen molar-refractivity contribution in [3.63, 3.8) is 0 Å². The normalized spacial score (nSPS) is 10.9. The third-order valence-electron chi connectivity index (χ3n) is 3.36. The van der Waals surface area contributed by atoms with Crippen molar-refractivity contribution < 1.29 is 4.79 Å². The Morgan fingerprint density at radius 1 is 1.04 bits per heavy atom. The molecule has 25 heavy (non-hydrogen) atoms. The quantitative estimate of drug-likeness (QED) is 0.675. The molecule has 1 amide bonds. The zero-order valence-electron chi connectivity index (χ0n) is 12.4. The summed E-state index contributed by atoms with van der Waals surface area (Å²) in [5, 5.41) is 4.17. The molecule has 1 N–H and O–H groups in total. The first-order valence-corrected chi connectivity index (χ1v) is 8.45. The minimum absolute atomic E-state index is 0.234. The first-order chi connectivity index (χ1) is 11.8. The lowest BCUT2D eigenvalue weighted by molar-refractivity contribution is -0.116. The van der Waals surface area contributed by atoms with E-state index in [1.54, 1.807) is 12.1 Å². The number of carbonyl (C=O) groups excluding carboxylic acids is 1. The van der Waals surface area contributed by atoms with E-state index in [4.69, 9.17) is 46.4 Å². The molecule has 2 aromatic carbocycles. The summed E-state index contributed by atoms with van der Waals surface area (Å²) in [5.41, 5.74) is 0.296. The van der Waals surface area contributed by atoms with E-state index in [-0.39, 0.29) is 17.0 Å². The van der Waals surface area contributed by atoms with Crippen LogP contribution in [0.3, 0.4) is 0 Å². The van der Waals surface area contributed by atoms with Crippen LogP contribution in [0.2, 0.25) is 20.1 Å². The smallest absolute Gasteiger partial charge is 0.261 e. The van der Waals surface area contributed by atoms with Crippen molar-refractivity contribution >= 4 is 68.9 Å². The molecule has 1 heterocycles. The number of nitrogens with one attached hydrogen (secondary N) is 1. The highest BCUT2D eigenvalue weighted by atomic mass is 35.5. The summed E-state index contributed by atoms with van der Waals surface area (Å²) in [7, 11) is 0. The van der Waals surface area contributed by atoms with Crippen LogP contribution in [0.4, 0.5) is 5.69 Å². The Bertz CT molecular complexity index is 1050. The van der Waals surface area contributed by atoms with Crippen molar-refractivity contribution in [2.75, 3.05) is 5.32 Å².